The molecule has 11 heteroatoms. The summed E-state index contributed by atoms with van der Waals surface area (Å²) < 4.78 is 121. The number of carbonyl (C=O) groups is 1. The summed E-state index contributed by atoms with van der Waals surface area (Å²) in [5.41, 5.74) is -0.262. The quantitative estimate of drug-likeness (QED) is 0.300. The van der Waals surface area contributed by atoms with Crippen molar-refractivity contribution in [1.82, 2.24) is 0 Å². The number of halogens is 9. The highest BCUT2D eigenvalue weighted by Gasteiger charge is 2.85. The Morgan fingerprint density at radius 1 is 0.964 bits per heavy atom. The molecule has 0 aromatic rings. The third-order valence-corrected chi connectivity index (χ3v) is 5.11. The number of likely N-dealkylation sites (tertiary alicyclic amines) is 1. The van der Waals surface area contributed by atoms with Crippen LogP contribution in [0.5, 0.6) is 0 Å². The lowest BCUT2D eigenvalue weighted by Gasteiger charge is -2.46. The van der Waals surface area contributed by atoms with Crippen LogP contribution < -0.4 is 0 Å². The van der Waals surface area contributed by atoms with Crippen LogP contribution in [0.4, 0.5) is 39.5 Å². The number of quaternary nitrogens is 1. The summed E-state index contributed by atoms with van der Waals surface area (Å²) in [6, 6.07) is -2.73. The molecule has 0 aromatic heterocycles. The highest BCUT2D eigenvalue weighted by molar-refractivity contribution is 5.86. The average molecular weight is 428 g/mol. The Morgan fingerprint density at radius 2 is 1.50 bits per heavy atom. The van der Waals surface area contributed by atoms with E-state index in [1.807, 2.05) is 0 Å². The average Bonchev–Trinajstić information content (AvgIpc) is 2.76. The van der Waals surface area contributed by atoms with Gasteiger partial charge in [-0.05, 0) is 32.6 Å². The molecule has 0 saturated carbocycles. The molecule has 2 unspecified atom stereocenters. The van der Waals surface area contributed by atoms with Crippen molar-refractivity contribution in [1.29, 1.82) is 0 Å². The fourth-order valence-electron chi connectivity index (χ4n) is 3.79. The topological polar surface area (TPSA) is 17.1 Å². The minimum atomic E-state index is -6.97. The van der Waals surface area contributed by atoms with Crippen LogP contribution >= 0.6 is 0 Å². The molecule has 0 spiro atoms. The third-order valence-electron chi connectivity index (χ3n) is 5.11. The van der Waals surface area contributed by atoms with E-state index in [-0.39, 0.29) is 37.8 Å². The number of hydrogen-bond donors (Lipinski definition) is 0. The van der Waals surface area contributed by atoms with Crippen molar-refractivity contribution in [3.63, 3.8) is 0 Å². The number of amides is 1. The first kappa shape index (κ1) is 24.8. The zero-order valence-electron chi connectivity index (χ0n) is 15.5. The molecule has 1 aliphatic heterocycles. The smallest absolute Gasteiger partial charge is 0.249 e. The first-order valence-electron chi connectivity index (χ1n) is 8.78. The minimum absolute atomic E-state index is 0.0484. The third kappa shape index (κ3) is 3.78. The Bertz CT molecular complexity index is 600. The van der Waals surface area contributed by atoms with Gasteiger partial charge in [0.15, 0.2) is 6.04 Å². The van der Waals surface area contributed by atoms with E-state index in [1.54, 1.807) is 0 Å². The van der Waals surface area contributed by atoms with Gasteiger partial charge in [0.25, 0.3) is 0 Å². The van der Waals surface area contributed by atoms with Crippen molar-refractivity contribution in [2.24, 2.45) is 0 Å². The van der Waals surface area contributed by atoms with Crippen molar-refractivity contribution in [2.45, 2.75) is 75.9 Å². The van der Waals surface area contributed by atoms with E-state index < -0.39 is 53.3 Å². The standard InChI is InChI=1S/C17H23F9NO/c1-4-9-27(13(28)11(2)3)10-7-5-6-8-12(27)14(18,19)15(20,21)16(22,23)17(24,25)26/h12H,2,4-10H2,1,3H3/q+1. The molecule has 28 heavy (non-hydrogen) atoms. The maximum Gasteiger partial charge on any atom is 0.460 e. The highest BCUT2D eigenvalue weighted by Crippen LogP contribution is 2.56. The van der Waals surface area contributed by atoms with Crippen molar-refractivity contribution in [3.8, 4) is 0 Å². The predicted molar refractivity (Wildman–Crippen MR) is 83.3 cm³/mol. The highest BCUT2D eigenvalue weighted by atomic mass is 19.4. The molecular formula is C17H23F9NO+. The molecule has 0 N–H and O–H groups in total. The Balaban J connectivity index is 3.67. The van der Waals surface area contributed by atoms with Gasteiger partial charge in [-0.1, -0.05) is 13.5 Å². The number of rotatable bonds is 6. The van der Waals surface area contributed by atoms with E-state index in [1.165, 1.54) is 6.92 Å². The van der Waals surface area contributed by atoms with Crippen LogP contribution in [0.3, 0.4) is 0 Å². The van der Waals surface area contributed by atoms with Gasteiger partial charge in [0.05, 0.1) is 13.1 Å². The van der Waals surface area contributed by atoms with Crippen LogP contribution in [0.1, 0.15) is 46.0 Å². The molecule has 1 amide bonds. The predicted octanol–water partition coefficient (Wildman–Crippen LogP) is 5.73. The molecule has 1 aliphatic rings. The molecule has 0 aromatic carbocycles. The van der Waals surface area contributed by atoms with Crippen molar-refractivity contribution < 1.29 is 48.8 Å². The van der Waals surface area contributed by atoms with Gasteiger partial charge in [-0.2, -0.15) is 39.5 Å². The summed E-state index contributed by atoms with van der Waals surface area (Å²) in [6.07, 6.45) is -7.33. The van der Waals surface area contributed by atoms with E-state index in [0.29, 0.717) is 0 Å². The first-order chi connectivity index (χ1) is 12.5. The van der Waals surface area contributed by atoms with Crippen LogP contribution in [-0.2, 0) is 4.79 Å². The van der Waals surface area contributed by atoms with Crippen LogP contribution in [-0.4, -0.2) is 53.5 Å². The van der Waals surface area contributed by atoms with Gasteiger partial charge < -0.3 is 0 Å². The summed E-state index contributed by atoms with van der Waals surface area (Å²) >= 11 is 0. The van der Waals surface area contributed by atoms with Gasteiger partial charge in [0.2, 0.25) is 0 Å². The lowest BCUT2D eigenvalue weighted by molar-refractivity contribution is -0.889. The molecule has 164 valence electrons. The summed E-state index contributed by atoms with van der Waals surface area (Å²) in [6.45, 7) is 5.18. The maximum atomic E-state index is 14.8. The Kier molecular flexibility index (Phi) is 6.96. The molecule has 1 saturated heterocycles. The molecule has 1 heterocycles. The van der Waals surface area contributed by atoms with E-state index in [0.717, 1.165) is 6.92 Å². The molecule has 2 nitrogen and oxygen atoms in total. The number of carbonyl (C=O) groups excluding carboxylic acids is 1. The summed E-state index contributed by atoms with van der Waals surface area (Å²) in [4.78, 5) is 12.7. The second kappa shape index (κ2) is 7.87. The Hall–Kier alpha value is -1.26. The van der Waals surface area contributed by atoms with E-state index in [2.05, 4.69) is 6.58 Å². The van der Waals surface area contributed by atoms with Crippen LogP contribution in [0.2, 0.25) is 0 Å². The van der Waals surface area contributed by atoms with Crippen LogP contribution in [0.25, 0.3) is 0 Å². The lowest BCUT2D eigenvalue weighted by Crippen LogP contribution is -2.73. The molecule has 0 radical (unpaired) electrons. The first-order valence-corrected chi connectivity index (χ1v) is 8.78. The van der Waals surface area contributed by atoms with Crippen molar-refractivity contribution in [3.05, 3.63) is 12.2 Å². The zero-order chi connectivity index (χ0) is 22.2. The molecular weight excluding hydrogens is 405 g/mol. The maximum absolute atomic E-state index is 14.8. The second-order valence-corrected chi connectivity index (χ2v) is 7.20. The Morgan fingerprint density at radius 3 is 1.93 bits per heavy atom. The van der Waals surface area contributed by atoms with Gasteiger partial charge in [-0.25, -0.2) is 9.28 Å². The number of alkyl halides is 9. The van der Waals surface area contributed by atoms with Crippen molar-refractivity contribution >= 4 is 5.91 Å². The van der Waals surface area contributed by atoms with E-state index >= 15 is 0 Å². The fraction of sp³-hybridized carbons (Fsp3) is 0.824. The van der Waals surface area contributed by atoms with E-state index in [9.17, 15) is 44.3 Å². The normalized spacial score (nSPS) is 25.3. The zero-order valence-corrected chi connectivity index (χ0v) is 15.5. The molecule has 1 fully saturated rings. The summed E-state index contributed by atoms with van der Waals surface area (Å²) in [5.74, 6) is -20.6. The molecule has 2 atom stereocenters. The van der Waals surface area contributed by atoms with Crippen LogP contribution in [0, 0.1) is 0 Å². The summed E-state index contributed by atoms with van der Waals surface area (Å²) in [5, 5.41) is 0. The minimum Gasteiger partial charge on any atom is -0.249 e. The SMILES string of the molecule is C=C(C)C(=O)[N+]1(CCC)CCCCCC1C(F)(F)C(F)(F)C(F)(F)C(F)(F)F. The second-order valence-electron chi connectivity index (χ2n) is 7.20. The largest absolute Gasteiger partial charge is 0.460 e. The van der Waals surface area contributed by atoms with Gasteiger partial charge >= 0.3 is 29.9 Å². The molecule has 0 aliphatic carbocycles. The molecule has 1 rings (SSSR count). The fourth-order valence-corrected chi connectivity index (χ4v) is 3.79. The lowest BCUT2D eigenvalue weighted by atomic mass is 9.90. The van der Waals surface area contributed by atoms with Gasteiger partial charge in [-0.3, -0.25) is 0 Å². The Labute approximate surface area is 157 Å². The number of hydrogen-bond acceptors (Lipinski definition) is 1. The van der Waals surface area contributed by atoms with Crippen molar-refractivity contribution in [2.75, 3.05) is 13.1 Å². The number of nitrogens with zero attached hydrogens (tertiary/aromatic N) is 1. The van der Waals surface area contributed by atoms with E-state index in [4.69, 9.17) is 0 Å². The monoisotopic (exact) mass is 428 g/mol. The molecule has 0 bridgehead atoms. The van der Waals surface area contributed by atoms with Gasteiger partial charge in [0, 0.05) is 12.0 Å². The van der Waals surface area contributed by atoms with Gasteiger partial charge in [-0.15, -0.1) is 0 Å². The summed E-state index contributed by atoms with van der Waals surface area (Å²) in [7, 11) is 0. The van der Waals surface area contributed by atoms with Gasteiger partial charge in [0.1, 0.15) is 0 Å². The van der Waals surface area contributed by atoms with Crippen LogP contribution in [0.15, 0.2) is 12.2 Å².